The molecule has 436 valence electrons. The summed E-state index contributed by atoms with van der Waals surface area (Å²) < 4.78 is 10.1. The molecule has 4 atom stereocenters. The first-order valence-electron chi connectivity index (χ1n) is 26.5. The Balaban J connectivity index is 0.000000336. The molecule has 81 heavy (non-hydrogen) atoms. The average Bonchev–Trinajstić information content (AvgIpc) is 3.48. The second kappa shape index (κ2) is 31.5. The fraction of sp³-hybridized carbons (Fsp3) is 0.355. The van der Waals surface area contributed by atoms with E-state index in [1.807, 2.05) is 148 Å². The molecule has 2 aliphatic heterocycles. The van der Waals surface area contributed by atoms with Crippen molar-refractivity contribution >= 4 is 107 Å². The highest BCUT2D eigenvalue weighted by molar-refractivity contribution is 6.42. The van der Waals surface area contributed by atoms with Crippen molar-refractivity contribution in [3.63, 3.8) is 0 Å². The summed E-state index contributed by atoms with van der Waals surface area (Å²) in [7, 11) is 6.44. The molecule has 13 nitrogen and oxygen atoms in total. The van der Waals surface area contributed by atoms with Gasteiger partial charge in [-0.05, 0) is 134 Å². The van der Waals surface area contributed by atoms with Crippen LogP contribution in [0.4, 0.5) is 21.0 Å². The average molecular weight is 1230 g/mol. The zero-order valence-electron chi connectivity index (χ0n) is 46.6. The number of rotatable bonds is 16. The van der Waals surface area contributed by atoms with Gasteiger partial charge < -0.3 is 45.2 Å². The van der Waals surface area contributed by atoms with Crippen LogP contribution in [0.15, 0.2) is 146 Å². The number of nitrogens with zero attached hydrogens (tertiary/aromatic N) is 4. The maximum absolute atomic E-state index is 12.9. The van der Waals surface area contributed by atoms with E-state index in [2.05, 4.69) is 34.3 Å². The molecule has 6 aromatic carbocycles. The Morgan fingerprint density at radius 3 is 1.19 bits per heavy atom. The summed E-state index contributed by atoms with van der Waals surface area (Å²) in [5.41, 5.74) is 5.97. The number of unbranched alkanes of at least 4 members (excludes halogenated alkanes) is 2. The number of amides is 4. The minimum atomic E-state index is -0.653. The standard InChI is InChI=1S/2C31H35Cl2N3O3.2ClH.H2O/c2*1-4-5-18-35(2)29(37)22-11-14-25(15-12-22)36-19-17-31(34-30(38)39-3,24-9-7-6-8-10-24)21-28(36)23-13-16-26(32)27(33)20-23;;;/h2*6-16,20,28H,4-5,17-19,21H2,1-3H3,(H,34,38);2*1H;1H2. The number of hydrogen-bond donors (Lipinski definition) is 2. The summed E-state index contributed by atoms with van der Waals surface area (Å²) in [6.07, 6.45) is 5.53. The fourth-order valence-corrected chi connectivity index (χ4v) is 11.2. The number of piperidine rings is 2. The topological polar surface area (TPSA) is 155 Å². The largest absolute Gasteiger partial charge is 0.453 e. The number of carbonyl (C=O) groups excluding carboxylic acids is 4. The van der Waals surface area contributed by atoms with E-state index in [1.54, 1.807) is 21.9 Å². The first-order valence-corrected chi connectivity index (χ1v) is 28.0. The van der Waals surface area contributed by atoms with Gasteiger partial charge >= 0.3 is 12.2 Å². The highest BCUT2D eigenvalue weighted by Gasteiger charge is 2.45. The summed E-state index contributed by atoms with van der Waals surface area (Å²) in [6.45, 7) is 6.99. The molecular weight excluding hydrogens is 1150 g/mol. The molecule has 2 aliphatic rings. The lowest BCUT2D eigenvalue weighted by atomic mass is 9.76. The Labute approximate surface area is 509 Å². The van der Waals surface area contributed by atoms with Crippen molar-refractivity contribution in [2.75, 3.05) is 64.3 Å². The first-order chi connectivity index (χ1) is 37.5. The minimum absolute atomic E-state index is 0. The Kier molecular flexibility index (Phi) is 26.3. The van der Waals surface area contributed by atoms with Crippen molar-refractivity contribution < 1.29 is 34.1 Å². The van der Waals surface area contributed by atoms with Gasteiger partial charge in [0.2, 0.25) is 0 Å². The third kappa shape index (κ3) is 16.7. The van der Waals surface area contributed by atoms with Gasteiger partial charge in [-0.1, -0.05) is 146 Å². The molecule has 0 spiro atoms. The van der Waals surface area contributed by atoms with E-state index in [4.69, 9.17) is 55.9 Å². The van der Waals surface area contributed by atoms with Gasteiger partial charge in [-0.15, -0.1) is 24.8 Å². The number of benzene rings is 6. The molecule has 2 saturated heterocycles. The molecule has 0 saturated carbocycles. The summed E-state index contributed by atoms with van der Waals surface area (Å²) in [6, 6.07) is 46.6. The van der Waals surface area contributed by atoms with Crippen LogP contribution in [-0.4, -0.2) is 93.8 Å². The van der Waals surface area contributed by atoms with E-state index < -0.39 is 23.3 Å². The zero-order chi connectivity index (χ0) is 56.0. The molecule has 0 bridgehead atoms. The highest BCUT2D eigenvalue weighted by atomic mass is 35.5. The number of halogens is 6. The number of hydrogen-bond acceptors (Lipinski definition) is 8. The molecule has 2 heterocycles. The molecule has 2 fully saturated rings. The maximum atomic E-state index is 12.9. The van der Waals surface area contributed by atoms with Gasteiger partial charge in [-0.3, -0.25) is 9.59 Å². The number of alkyl carbamates (subject to hydrolysis) is 2. The van der Waals surface area contributed by atoms with Gasteiger partial charge in [0.15, 0.2) is 0 Å². The number of ether oxygens (including phenoxy) is 2. The van der Waals surface area contributed by atoms with Crippen molar-refractivity contribution in [3.05, 3.63) is 199 Å². The molecule has 0 radical (unpaired) electrons. The molecule has 0 aromatic heterocycles. The number of anilines is 2. The zero-order valence-corrected chi connectivity index (χ0v) is 51.2. The van der Waals surface area contributed by atoms with E-state index in [9.17, 15) is 19.2 Å². The van der Waals surface area contributed by atoms with Gasteiger partial charge in [0.1, 0.15) is 0 Å². The minimum Gasteiger partial charge on any atom is -0.453 e. The highest BCUT2D eigenvalue weighted by Crippen LogP contribution is 2.47. The number of nitrogens with one attached hydrogen (secondary N) is 2. The molecule has 19 heteroatoms. The predicted molar refractivity (Wildman–Crippen MR) is 334 cm³/mol. The van der Waals surface area contributed by atoms with Crippen LogP contribution < -0.4 is 20.4 Å². The fourth-order valence-electron chi connectivity index (χ4n) is 10.6. The van der Waals surface area contributed by atoms with Crippen LogP contribution in [-0.2, 0) is 20.6 Å². The smallest absolute Gasteiger partial charge is 0.407 e. The second-order valence-electron chi connectivity index (χ2n) is 20.1. The lowest BCUT2D eigenvalue weighted by Crippen LogP contribution is -2.54. The van der Waals surface area contributed by atoms with Crippen LogP contribution in [0.3, 0.4) is 0 Å². The van der Waals surface area contributed by atoms with Crippen molar-refractivity contribution in [2.24, 2.45) is 0 Å². The van der Waals surface area contributed by atoms with Gasteiger partial charge in [0.05, 0.1) is 57.5 Å². The van der Waals surface area contributed by atoms with Gasteiger partial charge in [-0.2, -0.15) is 0 Å². The molecule has 0 aliphatic carbocycles. The SMILES string of the molecule is CCCCN(C)C(=O)c1ccc(N2CCC(NC(=O)OC)(c3ccccc3)CC2c2ccc(Cl)c(Cl)c2)cc1.CCCCN(C)C(=O)c1ccc(N2CCC(NC(=O)OC)(c3ccccc3)CC2c2ccc(Cl)c(Cl)c2)cc1.Cl.Cl.O. The van der Waals surface area contributed by atoms with Crippen LogP contribution in [0.25, 0.3) is 0 Å². The molecule has 8 rings (SSSR count). The second-order valence-corrected chi connectivity index (χ2v) is 21.7. The number of carbonyl (C=O) groups is 4. The third-order valence-corrected chi connectivity index (χ3v) is 16.5. The molecular formula is C62H74Cl6N6O7. The summed E-state index contributed by atoms with van der Waals surface area (Å²) >= 11 is 25.4. The van der Waals surface area contributed by atoms with Crippen LogP contribution in [0.5, 0.6) is 0 Å². The quantitative estimate of drug-likeness (QED) is 0.0970. The Morgan fingerprint density at radius 2 is 0.877 bits per heavy atom. The van der Waals surface area contributed by atoms with Crippen LogP contribution in [0.1, 0.15) is 120 Å². The first kappa shape index (κ1) is 67.6. The van der Waals surface area contributed by atoms with E-state index in [0.717, 1.165) is 72.4 Å². The molecule has 6 aromatic rings. The van der Waals surface area contributed by atoms with E-state index in [0.29, 0.717) is 70.0 Å². The van der Waals surface area contributed by atoms with Crippen molar-refractivity contribution in [2.45, 2.75) is 88.4 Å². The van der Waals surface area contributed by atoms with Crippen LogP contribution >= 0.6 is 71.2 Å². The van der Waals surface area contributed by atoms with Crippen LogP contribution in [0, 0.1) is 0 Å². The summed E-state index contributed by atoms with van der Waals surface area (Å²) in [4.78, 5) is 59.0. The summed E-state index contributed by atoms with van der Waals surface area (Å²) in [5.74, 6) is 0.0279. The molecule has 4 N–H and O–H groups in total. The maximum Gasteiger partial charge on any atom is 0.407 e. The van der Waals surface area contributed by atoms with Crippen molar-refractivity contribution in [3.8, 4) is 0 Å². The normalized spacial score (nSPS) is 18.2. The van der Waals surface area contributed by atoms with Crippen molar-refractivity contribution in [1.29, 1.82) is 0 Å². The Bertz CT molecular complexity index is 2780. The van der Waals surface area contributed by atoms with Crippen LogP contribution in [0.2, 0.25) is 20.1 Å². The third-order valence-electron chi connectivity index (χ3n) is 15.0. The molecule has 4 amide bonds. The van der Waals surface area contributed by atoms with E-state index in [1.165, 1.54) is 14.2 Å². The van der Waals surface area contributed by atoms with E-state index >= 15 is 0 Å². The summed E-state index contributed by atoms with van der Waals surface area (Å²) in [5, 5.41) is 8.22. The predicted octanol–water partition coefficient (Wildman–Crippen LogP) is 14.9. The van der Waals surface area contributed by atoms with Gasteiger partial charge in [-0.25, -0.2) is 9.59 Å². The molecule has 4 unspecified atom stereocenters. The van der Waals surface area contributed by atoms with Crippen molar-refractivity contribution in [1.82, 2.24) is 20.4 Å². The lowest BCUT2D eigenvalue weighted by molar-refractivity contribution is 0.0786. The van der Waals surface area contributed by atoms with Gasteiger partial charge in [0, 0.05) is 62.8 Å². The lowest BCUT2D eigenvalue weighted by Gasteiger charge is -2.48. The van der Waals surface area contributed by atoms with Gasteiger partial charge in [0.25, 0.3) is 11.8 Å². The Hall–Kier alpha value is -5.90. The van der Waals surface area contributed by atoms with E-state index in [-0.39, 0.29) is 54.2 Å². The Morgan fingerprint density at radius 1 is 0.531 bits per heavy atom. The monoisotopic (exact) mass is 1220 g/mol. The number of methoxy groups -OCH3 is 2.